The molecule has 0 spiro atoms. The highest BCUT2D eigenvalue weighted by atomic mass is 35.5. The van der Waals surface area contributed by atoms with E-state index >= 15 is 0 Å². The van der Waals surface area contributed by atoms with Gasteiger partial charge in [0.05, 0.1) is 5.02 Å². The number of hydrogen-bond acceptors (Lipinski definition) is 2. The van der Waals surface area contributed by atoms with Gasteiger partial charge in [0.25, 0.3) is 0 Å². The van der Waals surface area contributed by atoms with E-state index in [0.717, 1.165) is 0 Å². The molecule has 0 unspecified atom stereocenters. The van der Waals surface area contributed by atoms with E-state index < -0.39 is 5.60 Å². The van der Waals surface area contributed by atoms with Crippen LogP contribution < -0.4 is 0 Å². The van der Waals surface area contributed by atoms with E-state index in [1.807, 2.05) is 20.8 Å². The monoisotopic (exact) mass is 215 g/mol. The van der Waals surface area contributed by atoms with Crippen LogP contribution in [0.25, 0.3) is 0 Å². The van der Waals surface area contributed by atoms with Gasteiger partial charge in [-0.2, -0.15) is 0 Å². The van der Waals surface area contributed by atoms with E-state index in [2.05, 4.69) is 0 Å². The first-order valence-electron chi connectivity index (χ1n) is 4.35. The van der Waals surface area contributed by atoms with Crippen LogP contribution >= 0.6 is 11.6 Å². The summed E-state index contributed by atoms with van der Waals surface area (Å²) in [7, 11) is 1.76. The van der Waals surface area contributed by atoms with Crippen molar-refractivity contribution in [2.75, 3.05) is 0 Å². The molecule has 0 saturated heterocycles. The molecule has 14 heavy (non-hydrogen) atoms. The van der Waals surface area contributed by atoms with Gasteiger partial charge in [0, 0.05) is 13.2 Å². The van der Waals surface area contributed by atoms with E-state index in [0.29, 0.717) is 10.7 Å². The first-order valence-corrected chi connectivity index (χ1v) is 4.72. The van der Waals surface area contributed by atoms with Gasteiger partial charge in [0.2, 0.25) is 0 Å². The Kier molecular flexibility index (Phi) is 2.90. The molecule has 0 radical (unpaired) electrons. The number of halogens is 1. The third kappa shape index (κ3) is 2.77. The molecule has 1 rings (SSSR count). The maximum atomic E-state index is 11.6. The third-order valence-electron chi connectivity index (χ3n) is 1.58. The number of nitrogens with zero attached hydrogens (tertiary/aromatic N) is 1. The molecule has 1 heterocycles. The second-order valence-electron chi connectivity index (χ2n) is 4.16. The quantitative estimate of drug-likeness (QED) is 0.675. The topological polar surface area (TPSA) is 31.2 Å². The Balaban J connectivity index is 2.85. The summed E-state index contributed by atoms with van der Waals surface area (Å²) < 4.78 is 6.85. The number of ether oxygens (including phenoxy) is 1. The lowest BCUT2D eigenvalue weighted by molar-refractivity contribution is 0.00590. The highest BCUT2D eigenvalue weighted by Crippen LogP contribution is 2.16. The Bertz CT molecular complexity index is 349. The smallest absolute Gasteiger partial charge is 0.355 e. The predicted octanol–water partition coefficient (Wildman–Crippen LogP) is 2.63. The SMILES string of the molecule is Cn1cc(Cl)cc1C(=O)OC(C)(C)C. The van der Waals surface area contributed by atoms with Gasteiger partial charge in [0.1, 0.15) is 11.3 Å². The van der Waals surface area contributed by atoms with Crippen LogP contribution in [0.4, 0.5) is 0 Å². The summed E-state index contributed by atoms with van der Waals surface area (Å²) in [6.07, 6.45) is 1.67. The Morgan fingerprint density at radius 3 is 2.43 bits per heavy atom. The van der Waals surface area contributed by atoms with Crippen molar-refractivity contribution in [3.05, 3.63) is 23.0 Å². The van der Waals surface area contributed by atoms with E-state index in [9.17, 15) is 4.79 Å². The molecule has 0 aromatic carbocycles. The molecule has 78 valence electrons. The maximum absolute atomic E-state index is 11.6. The molecule has 0 amide bonds. The van der Waals surface area contributed by atoms with Crippen molar-refractivity contribution >= 4 is 17.6 Å². The number of aromatic nitrogens is 1. The zero-order chi connectivity index (χ0) is 10.9. The van der Waals surface area contributed by atoms with Gasteiger partial charge in [-0.15, -0.1) is 0 Å². The van der Waals surface area contributed by atoms with Crippen molar-refractivity contribution < 1.29 is 9.53 Å². The first-order chi connectivity index (χ1) is 6.29. The molecule has 0 saturated carbocycles. The standard InChI is InChI=1S/C10H14ClNO2/c1-10(2,3)14-9(13)8-5-7(11)6-12(8)4/h5-6H,1-4H3. The molecule has 0 aliphatic carbocycles. The summed E-state index contributed by atoms with van der Waals surface area (Å²) in [5, 5.41) is 0.536. The van der Waals surface area contributed by atoms with Crippen LogP contribution in [0, 0.1) is 0 Å². The minimum Gasteiger partial charge on any atom is -0.455 e. The van der Waals surface area contributed by atoms with Crippen LogP contribution in [0.15, 0.2) is 12.3 Å². The van der Waals surface area contributed by atoms with Crippen LogP contribution in [0.3, 0.4) is 0 Å². The van der Waals surface area contributed by atoms with Crippen molar-refractivity contribution in [1.82, 2.24) is 4.57 Å². The number of hydrogen-bond donors (Lipinski definition) is 0. The molecule has 3 nitrogen and oxygen atoms in total. The summed E-state index contributed by atoms with van der Waals surface area (Å²) in [6, 6.07) is 1.59. The lowest BCUT2D eigenvalue weighted by Gasteiger charge is -2.19. The Morgan fingerprint density at radius 2 is 2.07 bits per heavy atom. The number of carbonyl (C=O) groups excluding carboxylic acids is 1. The van der Waals surface area contributed by atoms with Gasteiger partial charge in [-0.1, -0.05) is 11.6 Å². The summed E-state index contributed by atoms with van der Waals surface area (Å²) in [5.74, 6) is -0.355. The number of esters is 1. The van der Waals surface area contributed by atoms with Gasteiger partial charge in [-0.3, -0.25) is 0 Å². The average molecular weight is 216 g/mol. The summed E-state index contributed by atoms with van der Waals surface area (Å²) in [5.41, 5.74) is -0.0155. The second-order valence-corrected chi connectivity index (χ2v) is 4.59. The zero-order valence-corrected chi connectivity index (χ0v) is 9.55. The van der Waals surface area contributed by atoms with E-state index in [1.165, 1.54) is 0 Å². The van der Waals surface area contributed by atoms with Crippen LogP contribution in [0.5, 0.6) is 0 Å². The summed E-state index contributed by atoms with van der Waals surface area (Å²) >= 11 is 5.75. The van der Waals surface area contributed by atoms with E-state index in [-0.39, 0.29) is 5.97 Å². The fourth-order valence-electron chi connectivity index (χ4n) is 1.06. The second kappa shape index (κ2) is 3.65. The largest absolute Gasteiger partial charge is 0.455 e. The maximum Gasteiger partial charge on any atom is 0.355 e. The average Bonchev–Trinajstić information content (AvgIpc) is 2.26. The molecule has 0 bridgehead atoms. The molecule has 0 N–H and O–H groups in total. The van der Waals surface area contributed by atoms with Gasteiger partial charge in [-0.25, -0.2) is 4.79 Å². The van der Waals surface area contributed by atoms with Crippen molar-refractivity contribution in [3.63, 3.8) is 0 Å². The van der Waals surface area contributed by atoms with E-state index in [4.69, 9.17) is 16.3 Å². The van der Waals surface area contributed by atoms with Gasteiger partial charge >= 0.3 is 5.97 Å². The van der Waals surface area contributed by atoms with Crippen LogP contribution in [-0.4, -0.2) is 16.1 Å². The lowest BCUT2D eigenvalue weighted by Crippen LogP contribution is -2.25. The van der Waals surface area contributed by atoms with Crippen LogP contribution in [-0.2, 0) is 11.8 Å². The molecule has 1 aromatic heterocycles. The fourth-order valence-corrected chi connectivity index (χ4v) is 1.31. The first kappa shape index (κ1) is 11.1. The molecule has 0 atom stereocenters. The van der Waals surface area contributed by atoms with Crippen molar-refractivity contribution in [2.24, 2.45) is 7.05 Å². The van der Waals surface area contributed by atoms with Crippen LogP contribution in [0.1, 0.15) is 31.3 Å². The molecule has 0 fully saturated rings. The number of rotatable bonds is 1. The molecular weight excluding hydrogens is 202 g/mol. The highest BCUT2D eigenvalue weighted by molar-refractivity contribution is 6.30. The van der Waals surface area contributed by atoms with Gasteiger partial charge in [0.15, 0.2) is 0 Å². The molecule has 4 heteroatoms. The van der Waals surface area contributed by atoms with Gasteiger partial charge in [-0.05, 0) is 26.8 Å². The zero-order valence-electron chi connectivity index (χ0n) is 8.80. The van der Waals surface area contributed by atoms with Crippen molar-refractivity contribution in [3.8, 4) is 0 Å². The fraction of sp³-hybridized carbons (Fsp3) is 0.500. The number of aryl methyl sites for hydroxylation is 1. The number of carbonyl (C=O) groups is 1. The third-order valence-corrected chi connectivity index (χ3v) is 1.79. The highest BCUT2D eigenvalue weighted by Gasteiger charge is 2.20. The van der Waals surface area contributed by atoms with Gasteiger partial charge < -0.3 is 9.30 Å². The summed E-state index contributed by atoms with van der Waals surface area (Å²) in [4.78, 5) is 11.6. The molecular formula is C10H14ClNO2. The summed E-state index contributed by atoms with van der Waals surface area (Å²) in [6.45, 7) is 5.49. The van der Waals surface area contributed by atoms with Crippen molar-refractivity contribution in [1.29, 1.82) is 0 Å². The molecule has 0 aliphatic heterocycles. The normalized spacial score (nSPS) is 11.5. The lowest BCUT2D eigenvalue weighted by atomic mass is 10.2. The minimum absolute atomic E-state index is 0.355. The Hall–Kier alpha value is -0.960. The minimum atomic E-state index is -0.478. The molecule has 1 aromatic rings. The van der Waals surface area contributed by atoms with Crippen LogP contribution in [0.2, 0.25) is 5.02 Å². The Labute approximate surface area is 88.6 Å². The van der Waals surface area contributed by atoms with Crippen molar-refractivity contribution in [2.45, 2.75) is 26.4 Å². The Morgan fingerprint density at radius 1 is 1.50 bits per heavy atom. The van der Waals surface area contributed by atoms with E-state index in [1.54, 1.807) is 23.9 Å². The predicted molar refractivity (Wildman–Crippen MR) is 55.6 cm³/mol. The molecule has 0 aliphatic rings.